The van der Waals surface area contributed by atoms with Crippen LogP contribution in [0.5, 0.6) is 11.5 Å². The Kier molecular flexibility index (Phi) is 7.62. The smallest absolute Gasteiger partial charge is 0.144 e. The minimum atomic E-state index is -0.355. The summed E-state index contributed by atoms with van der Waals surface area (Å²) in [5.74, 6) is 1.49. The lowest BCUT2D eigenvalue weighted by Crippen LogP contribution is -2.21. The average molecular weight is 406 g/mol. The van der Waals surface area contributed by atoms with Gasteiger partial charge in [0, 0.05) is 35.9 Å². The molecule has 154 valence electrons. The lowest BCUT2D eigenvalue weighted by atomic mass is 9.95. The molecular weight excluding hydrogens is 374 g/mol. The monoisotopic (exact) mass is 405 g/mol. The van der Waals surface area contributed by atoms with Gasteiger partial charge in [-0.15, -0.1) is 0 Å². The third-order valence-corrected chi connectivity index (χ3v) is 4.41. The first-order valence-corrected chi connectivity index (χ1v) is 9.93. The summed E-state index contributed by atoms with van der Waals surface area (Å²) < 4.78 is 17.6. The van der Waals surface area contributed by atoms with Crippen LogP contribution in [0.4, 0.5) is 5.69 Å². The zero-order valence-electron chi connectivity index (χ0n) is 17.9. The highest BCUT2D eigenvalue weighted by Crippen LogP contribution is 2.42. The highest BCUT2D eigenvalue weighted by Gasteiger charge is 2.25. The normalized spacial score (nSPS) is 12.8. The molecule has 0 amide bonds. The molecule has 0 saturated carbocycles. The Morgan fingerprint density at radius 3 is 2.25 bits per heavy atom. The molecule has 4 nitrogen and oxygen atoms in total. The molecule has 0 saturated heterocycles. The summed E-state index contributed by atoms with van der Waals surface area (Å²) in [5, 5.41) is 4.17. The summed E-state index contributed by atoms with van der Waals surface area (Å²) in [6.45, 7) is 11.3. The number of para-hydroxylation sites is 1. The van der Waals surface area contributed by atoms with Crippen LogP contribution in [0.2, 0.25) is 5.02 Å². The molecule has 2 aromatic carbocycles. The van der Waals surface area contributed by atoms with Gasteiger partial charge in [0.1, 0.15) is 17.6 Å². The third kappa shape index (κ3) is 5.79. The van der Waals surface area contributed by atoms with E-state index in [9.17, 15) is 0 Å². The Balaban J connectivity index is 2.63. The number of methoxy groups -OCH3 is 2. The van der Waals surface area contributed by atoms with Crippen LogP contribution in [-0.4, -0.2) is 26.9 Å². The van der Waals surface area contributed by atoms with Gasteiger partial charge in [0.25, 0.3) is 0 Å². The Labute approximate surface area is 174 Å². The second-order valence-corrected chi connectivity index (χ2v) is 8.74. The van der Waals surface area contributed by atoms with Gasteiger partial charge < -0.3 is 19.5 Å². The molecule has 0 radical (unpaired) electrons. The van der Waals surface area contributed by atoms with Crippen molar-refractivity contribution in [3.63, 3.8) is 0 Å². The number of ether oxygens (including phenoxy) is 3. The zero-order valence-corrected chi connectivity index (χ0v) is 18.7. The van der Waals surface area contributed by atoms with Crippen LogP contribution in [0, 0.1) is 5.41 Å². The van der Waals surface area contributed by atoms with Crippen molar-refractivity contribution in [2.45, 2.75) is 46.8 Å². The third-order valence-electron chi connectivity index (χ3n) is 4.20. The van der Waals surface area contributed by atoms with E-state index in [1.807, 2.05) is 50.2 Å². The maximum Gasteiger partial charge on any atom is 0.144 e. The number of halogens is 1. The fourth-order valence-corrected chi connectivity index (χ4v) is 3.22. The van der Waals surface area contributed by atoms with Crippen LogP contribution in [-0.2, 0) is 4.74 Å². The quantitative estimate of drug-likeness (QED) is 0.557. The first kappa shape index (κ1) is 22.4. The van der Waals surface area contributed by atoms with Gasteiger partial charge in [0.05, 0.1) is 18.9 Å². The van der Waals surface area contributed by atoms with Crippen molar-refractivity contribution >= 4 is 17.3 Å². The van der Waals surface area contributed by atoms with E-state index in [-0.39, 0.29) is 17.6 Å². The lowest BCUT2D eigenvalue weighted by Gasteiger charge is -2.27. The summed E-state index contributed by atoms with van der Waals surface area (Å²) in [4.78, 5) is 0. The van der Waals surface area contributed by atoms with Gasteiger partial charge in [-0.25, -0.2) is 0 Å². The van der Waals surface area contributed by atoms with Crippen molar-refractivity contribution in [2.24, 2.45) is 5.41 Å². The first-order valence-electron chi connectivity index (χ1n) is 9.56. The molecule has 2 aromatic rings. The van der Waals surface area contributed by atoms with Gasteiger partial charge in [0.2, 0.25) is 0 Å². The maximum atomic E-state index is 6.46. The van der Waals surface area contributed by atoms with Crippen molar-refractivity contribution in [2.75, 3.05) is 26.1 Å². The standard InChI is InChI=1S/C23H32ClNO3/c1-15(2)28-20-13-16(24)12-18(21(20)25-14-23(3,4)5)22(27-7)17-10-8-9-11-19(17)26-6/h8-13,15,22,25H,14H2,1-7H3/t22-/m0/s1. The summed E-state index contributed by atoms with van der Waals surface area (Å²) in [7, 11) is 3.35. The van der Waals surface area contributed by atoms with E-state index in [2.05, 4.69) is 26.1 Å². The van der Waals surface area contributed by atoms with E-state index in [1.54, 1.807) is 14.2 Å². The topological polar surface area (TPSA) is 39.7 Å². The molecular formula is C23H32ClNO3. The second kappa shape index (κ2) is 9.53. The van der Waals surface area contributed by atoms with Crippen LogP contribution in [0.25, 0.3) is 0 Å². The van der Waals surface area contributed by atoms with Gasteiger partial charge in [-0.2, -0.15) is 0 Å². The fourth-order valence-electron chi connectivity index (χ4n) is 3.00. The molecule has 0 aliphatic rings. The molecule has 0 fully saturated rings. The van der Waals surface area contributed by atoms with Crippen molar-refractivity contribution in [1.82, 2.24) is 0 Å². The Morgan fingerprint density at radius 1 is 1.00 bits per heavy atom. The molecule has 28 heavy (non-hydrogen) atoms. The molecule has 0 spiro atoms. The van der Waals surface area contributed by atoms with Crippen LogP contribution >= 0.6 is 11.6 Å². The Bertz CT molecular complexity index is 784. The van der Waals surface area contributed by atoms with E-state index in [0.717, 1.165) is 34.9 Å². The van der Waals surface area contributed by atoms with Crippen molar-refractivity contribution in [3.8, 4) is 11.5 Å². The molecule has 0 aliphatic carbocycles. The SMILES string of the molecule is COc1ccccc1[C@H](OC)c1cc(Cl)cc(OC(C)C)c1NCC(C)(C)C. The van der Waals surface area contributed by atoms with E-state index >= 15 is 0 Å². The summed E-state index contributed by atoms with van der Waals surface area (Å²) >= 11 is 6.46. The minimum Gasteiger partial charge on any atom is -0.496 e. The second-order valence-electron chi connectivity index (χ2n) is 8.31. The lowest BCUT2D eigenvalue weighted by molar-refractivity contribution is 0.133. The number of rotatable bonds is 8. The highest BCUT2D eigenvalue weighted by atomic mass is 35.5. The Morgan fingerprint density at radius 2 is 1.68 bits per heavy atom. The van der Waals surface area contributed by atoms with Crippen LogP contribution < -0.4 is 14.8 Å². The molecule has 1 N–H and O–H groups in total. The largest absolute Gasteiger partial charge is 0.496 e. The minimum absolute atomic E-state index is 0.0220. The predicted octanol–water partition coefficient (Wildman–Crippen LogP) is 6.33. The summed E-state index contributed by atoms with van der Waals surface area (Å²) in [6, 6.07) is 11.6. The van der Waals surface area contributed by atoms with Gasteiger partial charge in [0.15, 0.2) is 0 Å². The van der Waals surface area contributed by atoms with Gasteiger partial charge in [-0.05, 0) is 31.4 Å². The average Bonchev–Trinajstić information content (AvgIpc) is 2.60. The first-order chi connectivity index (χ1) is 13.2. The number of anilines is 1. The van der Waals surface area contributed by atoms with Crippen LogP contribution in [0.3, 0.4) is 0 Å². The van der Waals surface area contributed by atoms with Crippen molar-refractivity contribution in [1.29, 1.82) is 0 Å². The molecule has 0 aliphatic heterocycles. The molecule has 1 atom stereocenters. The van der Waals surface area contributed by atoms with E-state index < -0.39 is 0 Å². The van der Waals surface area contributed by atoms with Crippen molar-refractivity contribution in [3.05, 3.63) is 52.5 Å². The van der Waals surface area contributed by atoms with Gasteiger partial charge in [-0.1, -0.05) is 50.6 Å². The Hall–Kier alpha value is -1.91. The molecule has 0 heterocycles. The molecule has 0 bridgehead atoms. The number of hydrogen-bond acceptors (Lipinski definition) is 4. The number of hydrogen-bond donors (Lipinski definition) is 1. The molecule has 0 aromatic heterocycles. The van der Waals surface area contributed by atoms with E-state index in [0.29, 0.717) is 5.02 Å². The van der Waals surface area contributed by atoms with E-state index in [1.165, 1.54) is 0 Å². The number of nitrogens with one attached hydrogen (secondary N) is 1. The van der Waals surface area contributed by atoms with E-state index in [4.69, 9.17) is 25.8 Å². The summed E-state index contributed by atoms with van der Waals surface area (Å²) in [6.07, 6.45) is -0.333. The van der Waals surface area contributed by atoms with Crippen molar-refractivity contribution < 1.29 is 14.2 Å². The molecule has 5 heteroatoms. The van der Waals surface area contributed by atoms with Gasteiger partial charge >= 0.3 is 0 Å². The molecule has 2 rings (SSSR count). The predicted molar refractivity (Wildman–Crippen MR) is 117 cm³/mol. The highest BCUT2D eigenvalue weighted by molar-refractivity contribution is 6.31. The van der Waals surface area contributed by atoms with Gasteiger partial charge in [-0.3, -0.25) is 0 Å². The fraction of sp³-hybridized carbons (Fsp3) is 0.478. The maximum absolute atomic E-state index is 6.46. The summed E-state index contributed by atoms with van der Waals surface area (Å²) in [5.41, 5.74) is 2.84. The number of benzene rings is 2. The molecule has 0 unspecified atom stereocenters. The van der Waals surface area contributed by atoms with Crippen LogP contribution in [0.1, 0.15) is 51.8 Å². The van der Waals surface area contributed by atoms with Crippen LogP contribution in [0.15, 0.2) is 36.4 Å². The zero-order chi connectivity index (χ0) is 20.9.